The van der Waals surface area contributed by atoms with E-state index in [0.717, 1.165) is 18.4 Å². The molecule has 0 bridgehead atoms. The van der Waals surface area contributed by atoms with Crippen molar-refractivity contribution in [1.29, 1.82) is 0 Å². The summed E-state index contributed by atoms with van der Waals surface area (Å²) >= 11 is 0. The minimum absolute atomic E-state index is 0.121. The lowest BCUT2D eigenvalue weighted by molar-refractivity contribution is 0.0791. The highest BCUT2D eigenvalue weighted by molar-refractivity contribution is 5.96. The van der Waals surface area contributed by atoms with Crippen molar-refractivity contribution in [3.05, 3.63) is 76.0 Å². The highest BCUT2D eigenvalue weighted by Crippen LogP contribution is 2.14. The third kappa shape index (κ3) is 4.05. The van der Waals surface area contributed by atoms with Crippen molar-refractivity contribution < 1.29 is 9.18 Å². The molecule has 0 aliphatic heterocycles. The van der Waals surface area contributed by atoms with E-state index in [2.05, 4.69) is 11.9 Å². The van der Waals surface area contributed by atoms with E-state index in [9.17, 15) is 14.0 Å². The summed E-state index contributed by atoms with van der Waals surface area (Å²) < 4.78 is 14.7. The maximum Gasteiger partial charge on any atom is 0.265 e. The van der Waals surface area contributed by atoms with Crippen LogP contribution < -0.4 is 5.56 Å². The first-order chi connectivity index (χ1) is 13.0. The average Bonchev–Trinajstić information content (AvgIpc) is 2.69. The number of hydrogen-bond acceptors (Lipinski definition) is 3. The molecule has 0 fully saturated rings. The predicted octanol–water partition coefficient (Wildman–Crippen LogP) is 3.46. The molecule has 6 heteroatoms. The predicted molar refractivity (Wildman–Crippen MR) is 103 cm³/mol. The maximum absolute atomic E-state index is 13.2. The van der Waals surface area contributed by atoms with E-state index in [1.807, 2.05) is 6.07 Å². The zero-order valence-corrected chi connectivity index (χ0v) is 15.5. The van der Waals surface area contributed by atoms with Gasteiger partial charge >= 0.3 is 0 Å². The molecule has 0 spiro atoms. The molecular weight excluding hydrogens is 345 g/mol. The largest absolute Gasteiger partial charge is 0.342 e. The Bertz CT molecular complexity index is 1010. The average molecular weight is 367 g/mol. The van der Waals surface area contributed by atoms with Crippen LogP contribution in [0.4, 0.5) is 4.39 Å². The van der Waals surface area contributed by atoms with Crippen molar-refractivity contribution in [3.63, 3.8) is 0 Å². The number of halogens is 1. The van der Waals surface area contributed by atoms with E-state index in [0.29, 0.717) is 17.6 Å². The Morgan fingerprint density at radius 1 is 1.22 bits per heavy atom. The summed E-state index contributed by atoms with van der Waals surface area (Å²) in [5.41, 5.74) is 0.990. The van der Waals surface area contributed by atoms with Crippen molar-refractivity contribution >= 4 is 16.9 Å². The lowest BCUT2D eigenvalue weighted by Crippen LogP contribution is -2.35. The minimum atomic E-state index is -0.390. The van der Waals surface area contributed by atoms with Crippen LogP contribution in [0.3, 0.4) is 0 Å². The summed E-state index contributed by atoms with van der Waals surface area (Å²) in [5.74, 6) is -0.636. The van der Waals surface area contributed by atoms with E-state index >= 15 is 0 Å². The van der Waals surface area contributed by atoms with Gasteiger partial charge in [-0.15, -0.1) is 0 Å². The van der Waals surface area contributed by atoms with Crippen LogP contribution in [-0.4, -0.2) is 34.0 Å². The van der Waals surface area contributed by atoms with E-state index < -0.39 is 0 Å². The molecule has 27 heavy (non-hydrogen) atoms. The molecule has 2 aromatic heterocycles. The Labute approximate surface area is 157 Å². The SMILES string of the molecule is CCCCN(C)C(=O)c1cc2cccnc2n(Cc2ccc(F)cc2)c1=O. The van der Waals surface area contributed by atoms with Gasteiger partial charge in [-0.05, 0) is 42.3 Å². The molecule has 2 heterocycles. The number of hydrogen-bond donors (Lipinski definition) is 0. The molecule has 0 unspecified atom stereocenters. The van der Waals surface area contributed by atoms with Gasteiger partial charge in [0, 0.05) is 25.2 Å². The van der Waals surface area contributed by atoms with Crippen LogP contribution in [0, 0.1) is 5.82 Å². The molecule has 0 aliphatic rings. The summed E-state index contributed by atoms with van der Waals surface area (Å²) in [6.07, 6.45) is 3.45. The molecule has 0 saturated carbocycles. The van der Waals surface area contributed by atoms with Gasteiger partial charge in [0.15, 0.2) is 0 Å². The number of amides is 1. The molecule has 3 rings (SSSR count). The highest BCUT2D eigenvalue weighted by atomic mass is 19.1. The number of fused-ring (bicyclic) bond motifs is 1. The fourth-order valence-electron chi connectivity index (χ4n) is 2.98. The number of aromatic nitrogens is 2. The Morgan fingerprint density at radius 3 is 2.67 bits per heavy atom. The third-order valence-electron chi connectivity index (χ3n) is 4.53. The van der Waals surface area contributed by atoms with Crippen LogP contribution in [0.1, 0.15) is 35.7 Å². The summed E-state index contributed by atoms with van der Waals surface area (Å²) in [7, 11) is 1.70. The molecule has 5 nitrogen and oxygen atoms in total. The fourth-order valence-corrected chi connectivity index (χ4v) is 2.98. The summed E-state index contributed by atoms with van der Waals surface area (Å²) in [6.45, 7) is 2.86. The summed E-state index contributed by atoms with van der Waals surface area (Å²) in [6, 6.07) is 11.1. The molecule has 0 saturated heterocycles. The van der Waals surface area contributed by atoms with Crippen molar-refractivity contribution in [2.75, 3.05) is 13.6 Å². The number of carbonyl (C=O) groups excluding carboxylic acids is 1. The number of carbonyl (C=O) groups is 1. The van der Waals surface area contributed by atoms with Gasteiger partial charge in [-0.3, -0.25) is 14.2 Å². The summed E-state index contributed by atoms with van der Waals surface area (Å²) in [4.78, 5) is 31.8. The van der Waals surface area contributed by atoms with E-state index in [-0.39, 0.29) is 29.4 Å². The van der Waals surface area contributed by atoms with Crippen molar-refractivity contribution in [2.45, 2.75) is 26.3 Å². The molecule has 0 N–H and O–H groups in total. The van der Waals surface area contributed by atoms with Gasteiger partial charge in [-0.2, -0.15) is 0 Å². The second-order valence-corrected chi connectivity index (χ2v) is 6.57. The number of benzene rings is 1. The number of pyridine rings is 2. The first-order valence-electron chi connectivity index (χ1n) is 8.99. The van der Waals surface area contributed by atoms with E-state index in [1.54, 1.807) is 42.4 Å². The van der Waals surface area contributed by atoms with Crippen LogP contribution in [0.5, 0.6) is 0 Å². The first kappa shape index (κ1) is 18.8. The maximum atomic E-state index is 13.2. The zero-order valence-electron chi connectivity index (χ0n) is 15.5. The summed E-state index contributed by atoms with van der Waals surface area (Å²) in [5, 5.41) is 0.714. The first-order valence-corrected chi connectivity index (χ1v) is 8.99. The smallest absolute Gasteiger partial charge is 0.265 e. The Hall–Kier alpha value is -3.02. The van der Waals surface area contributed by atoms with Crippen LogP contribution in [0.15, 0.2) is 53.5 Å². The van der Waals surface area contributed by atoms with Gasteiger partial charge in [-0.25, -0.2) is 9.37 Å². The van der Waals surface area contributed by atoms with Crippen molar-refractivity contribution in [2.24, 2.45) is 0 Å². The second-order valence-electron chi connectivity index (χ2n) is 6.57. The number of nitrogens with zero attached hydrogens (tertiary/aromatic N) is 3. The third-order valence-corrected chi connectivity index (χ3v) is 4.53. The van der Waals surface area contributed by atoms with Gasteiger partial charge < -0.3 is 4.90 Å². The lowest BCUT2D eigenvalue weighted by atomic mass is 10.1. The molecule has 0 atom stereocenters. The molecule has 0 aliphatic carbocycles. The molecule has 0 radical (unpaired) electrons. The van der Waals surface area contributed by atoms with Crippen LogP contribution in [-0.2, 0) is 6.54 Å². The molecular formula is C21H22FN3O2. The monoisotopic (exact) mass is 367 g/mol. The standard InChI is InChI=1S/C21H22FN3O2/c1-3-4-12-24(2)20(26)18-13-16-6-5-11-23-19(16)25(21(18)27)14-15-7-9-17(22)10-8-15/h5-11,13H,3-4,12,14H2,1-2H3. The van der Waals surface area contributed by atoms with Gasteiger partial charge in [0.25, 0.3) is 11.5 Å². The Morgan fingerprint density at radius 2 is 1.96 bits per heavy atom. The highest BCUT2D eigenvalue weighted by Gasteiger charge is 2.19. The van der Waals surface area contributed by atoms with Crippen LogP contribution in [0.2, 0.25) is 0 Å². The van der Waals surface area contributed by atoms with Gasteiger partial charge in [0.2, 0.25) is 0 Å². The number of unbranched alkanes of at least 4 members (excludes halogenated alkanes) is 1. The molecule has 140 valence electrons. The molecule has 1 amide bonds. The van der Waals surface area contributed by atoms with E-state index in [1.165, 1.54) is 16.7 Å². The quantitative estimate of drug-likeness (QED) is 0.670. The van der Waals surface area contributed by atoms with Crippen molar-refractivity contribution in [1.82, 2.24) is 14.5 Å². The molecule has 1 aromatic carbocycles. The van der Waals surface area contributed by atoms with Crippen LogP contribution >= 0.6 is 0 Å². The minimum Gasteiger partial charge on any atom is -0.342 e. The van der Waals surface area contributed by atoms with Gasteiger partial charge in [0.1, 0.15) is 17.0 Å². The number of rotatable bonds is 6. The Kier molecular flexibility index (Phi) is 5.64. The van der Waals surface area contributed by atoms with Crippen LogP contribution in [0.25, 0.3) is 11.0 Å². The molecule has 3 aromatic rings. The van der Waals surface area contributed by atoms with Gasteiger partial charge in [0.05, 0.1) is 6.54 Å². The second kappa shape index (κ2) is 8.12. The normalized spacial score (nSPS) is 10.9. The zero-order chi connectivity index (χ0) is 19.4. The Balaban J connectivity index is 2.08. The lowest BCUT2D eigenvalue weighted by Gasteiger charge is -2.18. The fraction of sp³-hybridized carbons (Fsp3) is 0.286. The van der Waals surface area contributed by atoms with Crippen molar-refractivity contribution in [3.8, 4) is 0 Å². The topological polar surface area (TPSA) is 55.2 Å². The van der Waals surface area contributed by atoms with Gasteiger partial charge in [-0.1, -0.05) is 25.5 Å². The van der Waals surface area contributed by atoms with E-state index in [4.69, 9.17) is 0 Å².